The number of para-hydroxylation sites is 1. The second kappa shape index (κ2) is 3.65. The third-order valence-electron chi connectivity index (χ3n) is 2.38. The van der Waals surface area contributed by atoms with Gasteiger partial charge in [0.2, 0.25) is 0 Å². The van der Waals surface area contributed by atoms with E-state index in [9.17, 15) is 0 Å². The predicted octanol–water partition coefficient (Wildman–Crippen LogP) is 3.26. The first-order chi connectivity index (χ1) is 6.42. The van der Waals surface area contributed by atoms with Crippen molar-refractivity contribution < 1.29 is 4.74 Å². The molecule has 13 heavy (non-hydrogen) atoms. The van der Waals surface area contributed by atoms with Gasteiger partial charge in [-0.3, -0.25) is 0 Å². The van der Waals surface area contributed by atoms with Gasteiger partial charge in [0.15, 0.2) is 0 Å². The Kier molecular flexibility index (Phi) is 2.35. The standard InChI is InChI=1S/C12H14O/c1-2-10-6-5-9-13-12-8-4-3-7-11(10)12/h3-4,6-8H,2,5,9H2,1H3. The third-order valence-corrected chi connectivity index (χ3v) is 2.38. The molecule has 0 bridgehead atoms. The quantitative estimate of drug-likeness (QED) is 0.635. The van der Waals surface area contributed by atoms with Crippen LogP contribution < -0.4 is 4.74 Å². The molecule has 0 saturated heterocycles. The lowest BCUT2D eigenvalue weighted by molar-refractivity contribution is 0.326. The van der Waals surface area contributed by atoms with Gasteiger partial charge >= 0.3 is 0 Å². The van der Waals surface area contributed by atoms with Crippen molar-refractivity contribution in [2.24, 2.45) is 0 Å². The SMILES string of the molecule is CCC1=CCCOc2ccccc21. The van der Waals surface area contributed by atoms with E-state index in [1.54, 1.807) is 0 Å². The van der Waals surface area contributed by atoms with Crippen molar-refractivity contribution in [1.82, 2.24) is 0 Å². The molecule has 0 amide bonds. The van der Waals surface area contributed by atoms with Crippen molar-refractivity contribution in [3.63, 3.8) is 0 Å². The number of benzene rings is 1. The molecule has 0 N–H and O–H groups in total. The highest BCUT2D eigenvalue weighted by Gasteiger charge is 2.09. The van der Waals surface area contributed by atoms with Crippen LogP contribution in [0.1, 0.15) is 25.3 Å². The smallest absolute Gasteiger partial charge is 0.126 e. The second-order valence-corrected chi connectivity index (χ2v) is 3.22. The molecule has 1 nitrogen and oxygen atoms in total. The molecule has 1 heteroatoms. The first-order valence-electron chi connectivity index (χ1n) is 4.83. The summed E-state index contributed by atoms with van der Waals surface area (Å²) in [6, 6.07) is 8.27. The molecule has 0 fully saturated rings. The maximum atomic E-state index is 5.63. The second-order valence-electron chi connectivity index (χ2n) is 3.22. The maximum absolute atomic E-state index is 5.63. The van der Waals surface area contributed by atoms with Crippen LogP contribution in [-0.4, -0.2) is 6.61 Å². The molecule has 1 aromatic rings. The summed E-state index contributed by atoms with van der Waals surface area (Å²) in [7, 11) is 0. The molecule has 1 heterocycles. The van der Waals surface area contributed by atoms with Crippen LogP contribution in [0.3, 0.4) is 0 Å². The van der Waals surface area contributed by atoms with Crippen molar-refractivity contribution in [3.05, 3.63) is 35.9 Å². The molecule has 68 valence electrons. The Morgan fingerprint density at radius 1 is 1.31 bits per heavy atom. The summed E-state index contributed by atoms with van der Waals surface area (Å²) in [6.45, 7) is 2.99. The molecule has 1 aromatic carbocycles. The van der Waals surface area contributed by atoms with E-state index in [1.807, 2.05) is 12.1 Å². The van der Waals surface area contributed by atoms with E-state index in [0.29, 0.717) is 0 Å². The lowest BCUT2D eigenvalue weighted by Crippen LogP contribution is -1.94. The Bertz CT molecular complexity index is 326. The van der Waals surface area contributed by atoms with Crippen LogP contribution in [0.15, 0.2) is 30.3 Å². The molecule has 1 aliphatic rings. The number of hydrogen-bond acceptors (Lipinski definition) is 1. The van der Waals surface area contributed by atoms with E-state index in [-0.39, 0.29) is 0 Å². The Morgan fingerprint density at radius 3 is 3.00 bits per heavy atom. The van der Waals surface area contributed by atoms with Crippen LogP contribution in [0.5, 0.6) is 5.75 Å². The average Bonchev–Trinajstić information content (AvgIpc) is 2.39. The van der Waals surface area contributed by atoms with Gasteiger partial charge in [-0.05, 0) is 18.1 Å². The van der Waals surface area contributed by atoms with Gasteiger partial charge < -0.3 is 4.74 Å². The minimum atomic E-state index is 0.806. The molecular weight excluding hydrogens is 160 g/mol. The van der Waals surface area contributed by atoms with E-state index in [2.05, 4.69) is 25.1 Å². The molecule has 0 aliphatic carbocycles. The van der Waals surface area contributed by atoms with Gasteiger partial charge in [-0.25, -0.2) is 0 Å². The molecule has 0 aromatic heterocycles. The van der Waals surface area contributed by atoms with Crippen molar-refractivity contribution in [2.75, 3.05) is 6.61 Å². The van der Waals surface area contributed by atoms with Gasteiger partial charge in [0.25, 0.3) is 0 Å². The fraction of sp³-hybridized carbons (Fsp3) is 0.333. The fourth-order valence-electron chi connectivity index (χ4n) is 1.70. The van der Waals surface area contributed by atoms with Crippen LogP contribution in [0, 0.1) is 0 Å². The molecule has 0 spiro atoms. The maximum Gasteiger partial charge on any atom is 0.126 e. The topological polar surface area (TPSA) is 9.23 Å². The highest BCUT2D eigenvalue weighted by Crippen LogP contribution is 2.30. The van der Waals surface area contributed by atoms with Crippen LogP contribution in [-0.2, 0) is 0 Å². The zero-order chi connectivity index (χ0) is 9.10. The number of allylic oxidation sites excluding steroid dienone is 1. The minimum absolute atomic E-state index is 0.806. The lowest BCUT2D eigenvalue weighted by atomic mass is 10.0. The third kappa shape index (κ3) is 1.59. The minimum Gasteiger partial charge on any atom is -0.493 e. The zero-order valence-corrected chi connectivity index (χ0v) is 7.92. The summed E-state index contributed by atoms with van der Waals surface area (Å²) in [5.41, 5.74) is 2.68. The average molecular weight is 174 g/mol. The van der Waals surface area contributed by atoms with E-state index in [1.165, 1.54) is 11.1 Å². The van der Waals surface area contributed by atoms with E-state index < -0.39 is 0 Å². The van der Waals surface area contributed by atoms with Gasteiger partial charge in [-0.15, -0.1) is 0 Å². The summed E-state index contributed by atoms with van der Waals surface area (Å²) >= 11 is 0. The van der Waals surface area contributed by atoms with E-state index in [0.717, 1.165) is 25.2 Å². The van der Waals surface area contributed by atoms with Crippen LogP contribution >= 0.6 is 0 Å². The van der Waals surface area contributed by atoms with Crippen molar-refractivity contribution >= 4 is 5.57 Å². The summed E-state index contributed by atoms with van der Waals surface area (Å²) in [6.07, 6.45) is 4.39. The number of hydrogen-bond donors (Lipinski definition) is 0. The summed E-state index contributed by atoms with van der Waals surface area (Å²) in [5, 5.41) is 0. The van der Waals surface area contributed by atoms with Crippen LogP contribution in [0.2, 0.25) is 0 Å². The number of rotatable bonds is 1. The van der Waals surface area contributed by atoms with Gasteiger partial charge in [0.1, 0.15) is 5.75 Å². The van der Waals surface area contributed by atoms with Crippen LogP contribution in [0.25, 0.3) is 5.57 Å². The monoisotopic (exact) mass is 174 g/mol. The van der Waals surface area contributed by atoms with Crippen molar-refractivity contribution in [1.29, 1.82) is 0 Å². The van der Waals surface area contributed by atoms with Crippen molar-refractivity contribution in [2.45, 2.75) is 19.8 Å². The van der Waals surface area contributed by atoms with Gasteiger partial charge in [0.05, 0.1) is 6.61 Å². The van der Waals surface area contributed by atoms with Gasteiger partial charge in [-0.1, -0.05) is 31.2 Å². The molecule has 0 saturated carbocycles. The van der Waals surface area contributed by atoms with E-state index in [4.69, 9.17) is 4.74 Å². The molecule has 0 atom stereocenters. The zero-order valence-electron chi connectivity index (χ0n) is 7.92. The first kappa shape index (κ1) is 8.36. The molecule has 2 rings (SSSR count). The van der Waals surface area contributed by atoms with Crippen molar-refractivity contribution in [3.8, 4) is 5.75 Å². The normalized spacial score (nSPS) is 15.3. The number of ether oxygens (including phenoxy) is 1. The Hall–Kier alpha value is -1.24. The Labute approximate surface area is 79.0 Å². The lowest BCUT2D eigenvalue weighted by Gasteiger charge is -2.08. The summed E-state index contributed by atoms with van der Waals surface area (Å²) in [4.78, 5) is 0. The highest BCUT2D eigenvalue weighted by atomic mass is 16.5. The number of fused-ring (bicyclic) bond motifs is 1. The molecule has 0 unspecified atom stereocenters. The first-order valence-corrected chi connectivity index (χ1v) is 4.83. The van der Waals surface area contributed by atoms with Gasteiger partial charge in [0, 0.05) is 12.0 Å². The van der Waals surface area contributed by atoms with Crippen LogP contribution in [0.4, 0.5) is 0 Å². The van der Waals surface area contributed by atoms with Gasteiger partial charge in [-0.2, -0.15) is 0 Å². The summed E-state index contributed by atoms with van der Waals surface area (Å²) < 4.78 is 5.63. The Morgan fingerprint density at radius 2 is 2.15 bits per heavy atom. The Balaban J connectivity index is 2.47. The molecular formula is C12H14O. The van der Waals surface area contributed by atoms with E-state index >= 15 is 0 Å². The highest BCUT2D eigenvalue weighted by molar-refractivity contribution is 5.70. The molecule has 1 aliphatic heterocycles. The fourth-order valence-corrected chi connectivity index (χ4v) is 1.70. The largest absolute Gasteiger partial charge is 0.493 e. The molecule has 0 radical (unpaired) electrons. The predicted molar refractivity (Wildman–Crippen MR) is 54.8 cm³/mol. The summed E-state index contributed by atoms with van der Waals surface area (Å²) in [5.74, 6) is 1.04.